The summed E-state index contributed by atoms with van der Waals surface area (Å²) in [6.07, 6.45) is 0.606. The van der Waals surface area contributed by atoms with Crippen LogP contribution in [0.2, 0.25) is 0 Å². The number of methoxy groups -OCH3 is 2. The molecule has 0 aliphatic rings. The van der Waals surface area contributed by atoms with Crippen LogP contribution >= 0.6 is 0 Å². The molecule has 0 heterocycles. The number of ether oxygens (including phenoxy) is 3. The summed E-state index contributed by atoms with van der Waals surface area (Å²) in [5.74, 6) is 2.01. The highest BCUT2D eigenvalue weighted by molar-refractivity contribution is 5.45. The molecule has 84 valence electrons. The van der Waals surface area contributed by atoms with Crippen LogP contribution in [0, 0.1) is 0 Å². The lowest BCUT2D eigenvalue weighted by Gasteiger charge is -2.11. The van der Waals surface area contributed by atoms with Gasteiger partial charge in [0.25, 0.3) is 0 Å². The minimum atomic E-state index is 0.123. The molecule has 0 atom stereocenters. The SMILES string of the molecule is COc1ccc(OCCCO)c(OC)c1. The Hall–Kier alpha value is -1.42. The van der Waals surface area contributed by atoms with Crippen molar-refractivity contribution in [2.24, 2.45) is 0 Å². The maximum atomic E-state index is 8.62. The molecule has 0 aliphatic heterocycles. The van der Waals surface area contributed by atoms with E-state index in [-0.39, 0.29) is 6.61 Å². The molecule has 0 saturated carbocycles. The zero-order valence-electron chi connectivity index (χ0n) is 9.03. The molecule has 4 nitrogen and oxygen atoms in total. The van der Waals surface area contributed by atoms with Crippen molar-refractivity contribution < 1.29 is 19.3 Å². The minimum Gasteiger partial charge on any atom is -0.497 e. The predicted octanol–water partition coefficient (Wildman–Crippen LogP) is 1.46. The lowest BCUT2D eigenvalue weighted by molar-refractivity contribution is 0.228. The Labute approximate surface area is 89.4 Å². The normalized spacial score (nSPS) is 9.80. The fourth-order valence-electron chi connectivity index (χ4n) is 1.14. The van der Waals surface area contributed by atoms with E-state index in [2.05, 4.69) is 0 Å². The zero-order chi connectivity index (χ0) is 11.1. The molecule has 4 heteroatoms. The summed E-state index contributed by atoms with van der Waals surface area (Å²) in [5, 5.41) is 8.62. The minimum absolute atomic E-state index is 0.123. The van der Waals surface area contributed by atoms with E-state index >= 15 is 0 Å². The van der Waals surface area contributed by atoms with Crippen LogP contribution in [0.1, 0.15) is 6.42 Å². The monoisotopic (exact) mass is 212 g/mol. The van der Waals surface area contributed by atoms with Crippen molar-refractivity contribution in [1.82, 2.24) is 0 Å². The van der Waals surface area contributed by atoms with Crippen LogP contribution in [0.15, 0.2) is 18.2 Å². The molecule has 1 rings (SSSR count). The van der Waals surface area contributed by atoms with Crippen LogP contribution in [0.3, 0.4) is 0 Å². The van der Waals surface area contributed by atoms with Crippen LogP contribution in [0.25, 0.3) is 0 Å². The standard InChI is InChI=1S/C11H16O4/c1-13-9-4-5-10(11(8-9)14-2)15-7-3-6-12/h4-5,8,12H,3,6-7H2,1-2H3. The summed E-state index contributed by atoms with van der Waals surface area (Å²) in [6.45, 7) is 0.595. The Morgan fingerprint density at radius 1 is 1.13 bits per heavy atom. The van der Waals surface area contributed by atoms with Crippen molar-refractivity contribution >= 4 is 0 Å². The van der Waals surface area contributed by atoms with Gasteiger partial charge in [0.2, 0.25) is 0 Å². The third kappa shape index (κ3) is 3.32. The van der Waals surface area contributed by atoms with Gasteiger partial charge in [-0.15, -0.1) is 0 Å². The largest absolute Gasteiger partial charge is 0.497 e. The average molecular weight is 212 g/mol. The maximum Gasteiger partial charge on any atom is 0.164 e. The predicted molar refractivity (Wildman–Crippen MR) is 56.7 cm³/mol. The van der Waals surface area contributed by atoms with Gasteiger partial charge in [-0.05, 0) is 12.1 Å². The molecule has 0 aromatic heterocycles. The van der Waals surface area contributed by atoms with Gasteiger partial charge in [-0.25, -0.2) is 0 Å². The highest BCUT2D eigenvalue weighted by atomic mass is 16.5. The zero-order valence-corrected chi connectivity index (χ0v) is 9.03. The summed E-state index contributed by atoms with van der Waals surface area (Å²) in [4.78, 5) is 0. The Kier molecular flexibility index (Phi) is 4.77. The lowest BCUT2D eigenvalue weighted by Crippen LogP contribution is -2.01. The molecule has 1 aromatic carbocycles. The van der Waals surface area contributed by atoms with Crippen LogP contribution in [0.5, 0.6) is 17.2 Å². The Morgan fingerprint density at radius 2 is 1.93 bits per heavy atom. The first-order valence-corrected chi connectivity index (χ1v) is 4.77. The van der Waals surface area contributed by atoms with E-state index in [9.17, 15) is 0 Å². The molecule has 0 bridgehead atoms. The van der Waals surface area contributed by atoms with E-state index in [0.717, 1.165) is 5.75 Å². The van der Waals surface area contributed by atoms with Gasteiger partial charge in [-0.3, -0.25) is 0 Å². The van der Waals surface area contributed by atoms with Crippen molar-refractivity contribution in [3.63, 3.8) is 0 Å². The second-order valence-electron chi connectivity index (χ2n) is 2.94. The quantitative estimate of drug-likeness (QED) is 0.725. The first-order valence-electron chi connectivity index (χ1n) is 4.77. The summed E-state index contributed by atoms with van der Waals surface area (Å²) in [7, 11) is 3.18. The fourth-order valence-corrected chi connectivity index (χ4v) is 1.14. The van der Waals surface area contributed by atoms with E-state index in [0.29, 0.717) is 24.5 Å². The van der Waals surface area contributed by atoms with Crippen molar-refractivity contribution in [2.45, 2.75) is 6.42 Å². The molecular formula is C11H16O4. The summed E-state index contributed by atoms with van der Waals surface area (Å²) in [6, 6.07) is 5.35. The topological polar surface area (TPSA) is 47.9 Å². The van der Waals surface area contributed by atoms with Gasteiger partial charge in [0, 0.05) is 19.1 Å². The van der Waals surface area contributed by atoms with Crippen molar-refractivity contribution in [3.8, 4) is 17.2 Å². The maximum absolute atomic E-state index is 8.62. The number of benzene rings is 1. The second-order valence-corrected chi connectivity index (χ2v) is 2.94. The van der Waals surface area contributed by atoms with Crippen molar-refractivity contribution in [3.05, 3.63) is 18.2 Å². The highest BCUT2D eigenvalue weighted by Crippen LogP contribution is 2.31. The fraction of sp³-hybridized carbons (Fsp3) is 0.455. The van der Waals surface area contributed by atoms with E-state index in [1.54, 1.807) is 32.4 Å². The van der Waals surface area contributed by atoms with Gasteiger partial charge < -0.3 is 19.3 Å². The highest BCUT2D eigenvalue weighted by Gasteiger charge is 2.05. The first-order chi connectivity index (χ1) is 7.31. The van der Waals surface area contributed by atoms with Crippen molar-refractivity contribution in [1.29, 1.82) is 0 Å². The van der Waals surface area contributed by atoms with Crippen LogP contribution in [0.4, 0.5) is 0 Å². The van der Waals surface area contributed by atoms with Gasteiger partial charge in [0.05, 0.1) is 20.8 Å². The van der Waals surface area contributed by atoms with E-state index in [4.69, 9.17) is 19.3 Å². The average Bonchev–Trinajstić information content (AvgIpc) is 2.29. The molecule has 1 N–H and O–H groups in total. The van der Waals surface area contributed by atoms with E-state index < -0.39 is 0 Å². The molecule has 0 saturated heterocycles. The smallest absolute Gasteiger partial charge is 0.164 e. The summed E-state index contributed by atoms with van der Waals surface area (Å²) in [5.41, 5.74) is 0. The third-order valence-corrected chi connectivity index (χ3v) is 1.93. The van der Waals surface area contributed by atoms with E-state index in [1.807, 2.05) is 0 Å². The van der Waals surface area contributed by atoms with E-state index in [1.165, 1.54) is 0 Å². The summed E-state index contributed by atoms with van der Waals surface area (Å²) < 4.78 is 15.6. The van der Waals surface area contributed by atoms with Crippen molar-refractivity contribution in [2.75, 3.05) is 27.4 Å². The number of rotatable bonds is 6. The van der Waals surface area contributed by atoms with Gasteiger partial charge in [0.15, 0.2) is 11.5 Å². The molecule has 1 aromatic rings. The van der Waals surface area contributed by atoms with Crippen LogP contribution in [-0.4, -0.2) is 32.5 Å². The van der Waals surface area contributed by atoms with Crippen LogP contribution in [-0.2, 0) is 0 Å². The lowest BCUT2D eigenvalue weighted by atomic mass is 10.3. The van der Waals surface area contributed by atoms with Gasteiger partial charge >= 0.3 is 0 Å². The molecule has 15 heavy (non-hydrogen) atoms. The molecular weight excluding hydrogens is 196 g/mol. The van der Waals surface area contributed by atoms with Gasteiger partial charge in [-0.1, -0.05) is 0 Å². The molecule has 0 amide bonds. The van der Waals surface area contributed by atoms with Crippen LogP contribution < -0.4 is 14.2 Å². The number of hydrogen-bond donors (Lipinski definition) is 1. The third-order valence-electron chi connectivity index (χ3n) is 1.93. The Balaban J connectivity index is 2.69. The Morgan fingerprint density at radius 3 is 2.53 bits per heavy atom. The first kappa shape index (κ1) is 11.7. The number of aliphatic hydroxyl groups is 1. The number of hydrogen-bond acceptors (Lipinski definition) is 4. The molecule has 0 fully saturated rings. The van der Waals surface area contributed by atoms with Gasteiger partial charge in [0.1, 0.15) is 5.75 Å². The molecule has 0 aliphatic carbocycles. The van der Waals surface area contributed by atoms with Gasteiger partial charge in [-0.2, -0.15) is 0 Å². The second kappa shape index (κ2) is 6.14. The molecule has 0 radical (unpaired) electrons. The Bertz CT molecular complexity index is 299. The molecule has 0 unspecified atom stereocenters. The number of aliphatic hydroxyl groups excluding tert-OH is 1. The molecule has 0 spiro atoms. The summed E-state index contributed by atoms with van der Waals surface area (Å²) >= 11 is 0.